The highest BCUT2D eigenvalue weighted by atomic mass is 19.4. The summed E-state index contributed by atoms with van der Waals surface area (Å²) in [5, 5.41) is 3.67. The molecule has 3 aliphatic heterocycles. The first-order chi connectivity index (χ1) is 23.2. The van der Waals surface area contributed by atoms with Crippen LogP contribution in [0, 0.1) is 18.2 Å². The van der Waals surface area contributed by atoms with Crippen molar-refractivity contribution in [2.75, 3.05) is 63.7 Å². The first-order valence-electron chi connectivity index (χ1n) is 16.7. The number of ether oxygens (including phenoxy) is 3. The number of methoxy groups -OCH3 is 1. The summed E-state index contributed by atoms with van der Waals surface area (Å²) in [6.07, 6.45) is -2.46. The quantitative estimate of drug-likeness (QED) is 0.304. The topological polar surface area (TPSA) is 124 Å². The SMILES string of the molecule is CC[C@@H]1CN2c3nc(OCC4(CN5CCC(F)(COC)C5)CC4)nc4c(F)c(-c5cc(N)nc(C)c5C(F)(F)F)nc(c34)O[C@@H](C)[C@@H]2CN1. The predicted octanol–water partition coefficient (Wildman–Crippen LogP) is 4.69. The number of rotatable bonds is 9. The number of fused-ring (bicyclic) bond motifs is 2. The van der Waals surface area contributed by atoms with Crippen LogP contribution in [-0.2, 0) is 10.9 Å². The van der Waals surface area contributed by atoms with E-state index in [-0.39, 0.29) is 65.9 Å². The van der Waals surface area contributed by atoms with E-state index < -0.39 is 46.3 Å². The van der Waals surface area contributed by atoms with E-state index in [2.05, 4.69) is 32.1 Å². The Kier molecular flexibility index (Phi) is 8.50. The highest BCUT2D eigenvalue weighted by Crippen LogP contribution is 2.49. The molecule has 6 heterocycles. The molecule has 4 aliphatic rings. The molecule has 0 aromatic carbocycles. The lowest BCUT2D eigenvalue weighted by Crippen LogP contribution is -2.60. The molecular weight excluding hydrogens is 651 g/mol. The van der Waals surface area contributed by atoms with Crippen molar-refractivity contribution in [3.8, 4) is 23.1 Å². The standard InChI is InChI=1S/C33H41F5N8O3/c1-5-19-12-46-21(11-40-19)18(3)49-29-23-27(25(34)26(42-29)20-10-22(39)41-17(2)24(20)33(36,37)38)43-30(44-28(23)46)48-15-31(6-7-31)13-45-9-8-32(35,14-45)16-47-4/h10,18-19,21,40H,5-9,11-16H2,1-4H3,(H2,39,41)/t18-,19+,21-,32?/m0/s1. The minimum absolute atomic E-state index is 0.0372. The van der Waals surface area contributed by atoms with Gasteiger partial charge in [-0.1, -0.05) is 6.92 Å². The van der Waals surface area contributed by atoms with Crippen LogP contribution in [0.4, 0.5) is 33.6 Å². The van der Waals surface area contributed by atoms with Crippen molar-refractivity contribution in [3.63, 3.8) is 0 Å². The maximum Gasteiger partial charge on any atom is 0.418 e. The maximum absolute atomic E-state index is 16.8. The number of likely N-dealkylation sites (tertiary alicyclic amines) is 1. The summed E-state index contributed by atoms with van der Waals surface area (Å²) < 4.78 is 92.7. The molecule has 2 saturated heterocycles. The number of piperazine rings is 1. The molecule has 0 amide bonds. The van der Waals surface area contributed by atoms with Gasteiger partial charge in [-0.15, -0.1) is 0 Å². The molecular formula is C33H41F5N8O3. The van der Waals surface area contributed by atoms with Gasteiger partial charge in [0.25, 0.3) is 0 Å². The number of nitrogens with two attached hydrogens (primary N) is 1. The number of anilines is 2. The number of pyridine rings is 2. The van der Waals surface area contributed by atoms with Crippen LogP contribution in [0.5, 0.6) is 11.9 Å². The maximum atomic E-state index is 16.8. The number of hydrogen-bond acceptors (Lipinski definition) is 11. The average molecular weight is 693 g/mol. The van der Waals surface area contributed by atoms with Crippen LogP contribution in [0.2, 0.25) is 0 Å². The molecule has 1 saturated carbocycles. The second-order valence-electron chi connectivity index (χ2n) is 14.1. The van der Waals surface area contributed by atoms with Crippen molar-refractivity contribution >= 4 is 22.5 Å². The number of alkyl halides is 4. The zero-order valence-electron chi connectivity index (χ0n) is 28.0. The van der Waals surface area contributed by atoms with Crippen molar-refractivity contribution < 1.29 is 36.2 Å². The summed E-state index contributed by atoms with van der Waals surface area (Å²) in [6.45, 7) is 7.83. The van der Waals surface area contributed by atoms with Crippen LogP contribution in [0.3, 0.4) is 0 Å². The molecule has 4 atom stereocenters. The predicted molar refractivity (Wildman–Crippen MR) is 172 cm³/mol. The second kappa shape index (κ2) is 12.3. The highest BCUT2D eigenvalue weighted by Gasteiger charge is 2.49. The molecule has 16 heteroatoms. The lowest BCUT2D eigenvalue weighted by molar-refractivity contribution is -0.137. The van der Waals surface area contributed by atoms with Gasteiger partial charge in [0.2, 0.25) is 5.88 Å². The average Bonchev–Trinajstić information content (AvgIpc) is 3.73. The van der Waals surface area contributed by atoms with E-state index in [4.69, 9.17) is 24.9 Å². The minimum atomic E-state index is -4.88. The van der Waals surface area contributed by atoms with Crippen molar-refractivity contribution in [1.29, 1.82) is 0 Å². The molecule has 3 fully saturated rings. The molecule has 1 unspecified atom stereocenters. The summed E-state index contributed by atoms with van der Waals surface area (Å²) in [6, 6.07) is 0.700. The summed E-state index contributed by atoms with van der Waals surface area (Å²) in [7, 11) is 1.49. The minimum Gasteiger partial charge on any atom is -0.472 e. The Bertz CT molecular complexity index is 1760. The van der Waals surface area contributed by atoms with Crippen molar-refractivity contribution in [2.24, 2.45) is 5.41 Å². The number of nitrogens with one attached hydrogen (secondary N) is 1. The van der Waals surface area contributed by atoms with E-state index in [0.717, 1.165) is 32.3 Å². The molecule has 3 aromatic heterocycles. The van der Waals surface area contributed by atoms with Crippen LogP contribution in [-0.4, -0.2) is 102 Å². The zero-order valence-corrected chi connectivity index (χ0v) is 28.0. The van der Waals surface area contributed by atoms with Crippen LogP contribution >= 0.6 is 0 Å². The van der Waals surface area contributed by atoms with Gasteiger partial charge in [0.1, 0.15) is 40.0 Å². The molecule has 11 nitrogen and oxygen atoms in total. The largest absolute Gasteiger partial charge is 0.472 e. The normalized spacial score (nSPS) is 26.4. The Morgan fingerprint density at radius 3 is 2.61 bits per heavy atom. The molecule has 3 N–H and O–H groups in total. The van der Waals surface area contributed by atoms with Crippen LogP contribution in [0.25, 0.3) is 22.2 Å². The monoisotopic (exact) mass is 692 g/mol. The smallest absolute Gasteiger partial charge is 0.418 e. The molecule has 0 radical (unpaired) electrons. The third-order valence-electron chi connectivity index (χ3n) is 10.3. The summed E-state index contributed by atoms with van der Waals surface area (Å²) in [4.78, 5) is 21.5. The van der Waals surface area contributed by atoms with E-state index in [9.17, 15) is 13.2 Å². The Hall–Kier alpha value is -3.63. The fraction of sp³-hybridized carbons (Fsp3) is 0.636. The molecule has 266 valence electrons. The number of nitrogens with zero attached hydrogens (tertiary/aromatic N) is 6. The van der Waals surface area contributed by atoms with Gasteiger partial charge in [0, 0.05) is 56.9 Å². The Morgan fingerprint density at radius 2 is 1.92 bits per heavy atom. The van der Waals surface area contributed by atoms with Crippen LogP contribution < -0.4 is 25.4 Å². The van der Waals surface area contributed by atoms with Gasteiger partial charge >= 0.3 is 12.2 Å². The number of hydrogen-bond donors (Lipinski definition) is 2. The first-order valence-corrected chi connectivity index (χ1v) is 16.7. The van der Waals surface area contributed by atoms with Crippen molar-refractivity contribution in [2.45, 2.75) is 76.5 Å². The van der Waals surface area contributed by atoms with Gasteiger partial charge in [0.15, 0.2) is 5.82 Å². The number of aryl methyl sites for hydroxylation is 1. The van der Waals surface area contributed by atoms with E-state index in [1.165, 1.54) is 7.11 Å². The van der Waals surface area contributed by atoms with Crippen LogP contribution in [0.15, 0.2) is 6.07 Å². The Balaban J connectivity index is 1.31. The van der Waals surface area contributed by atoms with E-state index in [1.807, 2.05) is 11.8 Å². The Labute approximate surface area is 280 Å². The van der Waals surface area contributed by atoms with Gasteiger partial charge in [-0.05, 0) is 45.6 Å². The Morgan fingerprint density at radius 1 is 1.14 bits per heavy atom. The van der Waals surface area contributed by atoms with Gasteiger partial charge < -0.3 is 30.2 Å². The molecule has 49 heavy (non-hydrogen) atoms. The van der Waals surface area contributed by atoms with Crippen molar-refractivity contribution in [3.05, 3.63) is 23.1 Å². The lowest BCUT2D eigenvalue weighted by Gasteiger charge is -2.42. The molecule has 7 rings (SSSR count). The van der Waals surface area contributed by atoms with Gasteiger partial charge in [0.05, 0.1) is 30.5 Å². The lowest BCUT2D eigenvalue weighted by atomic mass is 10.0. The zero-order chi connectivity index (χ0) is 34.9. The fourth-order valence-electron chi connectivity index (χ4n) is 7.55. The van der Waals surface area contributed by atoms with E-state index in [0.29, 0.717) is 38.4 Å². The van der Waals surface area contributed by atoms with Crippen molar-refractivity contribution in [1.82, 2.24) is 30.2 Å². The number of nitrogen functional groups attached to an aromatic ring is 1. The number of halogens is 5. The summed E-state index contributed by atoms with van der Waals surface area (Å²) in [5.74, 6) is -1.05. The molecule has 0 spiro atoms. The number of aromatic nitrogens is 4. The van der Waals surface area contributed by atoms with Gasteiger partial charge in [-0.3, -0.25) is 4.90 Å². The third kappa shape index (κ3) is 6.31. The molecule has 1 aliphatic carbocycles. The molecule has 0 bridgehead atoms. The van der Waals surface area contributed by atoms with E-state index in [1.54, 1.807) is 0 Å². The summed E-state index contributed by atoms with van der Waals surface area (Å²) in [5.41, 5.74) is 1.21. The van der Waals surface area contributed by atoms with Gasteiger partial charge in [-0.2, -0.15) is 23.1 Å². The fourth-order valence-corrected chi connectivity index (χ4v) is 7.55. The summed E-state index contributed by atoms with van der Waals surface area (Å²) >= 11 is 0. The first kappa shape index (κ1) is 33.8. The second-order valence-corrected chi connectivity index (χ2v) is 14.1. The van der Waals surface area contributed by atoms with E-state index >= 15 is 8.78 Å². The highest BCUT2D eigenvalue weighted by molar-refractivity contribution is 5.97. The third-order valence-corrected chi connectivity index (χ3v) is 10.3. The van der Waals surface area contributed by atoms with Gasteiger partial charge in [-0.25, -0.2) is 18.7 Å². The van der Waals surface area contributed by atoms with Crippen LogP contribution in [0.1, 0.15) is 50.8 Å². The molecule has 3 aromatic rings.